The van der Waals surface area contributed by atoms with Crippen LogP contribution in [0.1, 0.15) is 18.5 Å². The van der Waals surface area contributed by atoms with Gasteiger partial charge in [-0.05, 0) is 18.6 Å². The van der Waals surface area contributed by atoms with Gasteiger partial charge in [0.2, 0.25) is 0 Å². The van der Waals surface area contributed by atoms with Crippen molar-refractivity contribution in [3.63, 3.8) is 0 Å². The highest BCUT2D eigenvalue weighted by Crippen LogP contribution is 2.34. The molecular weight excluding hydrogens is 320 g/mol. The zero-order valence-electron chi connectivity index (χ0n) is 13.3. The van der Waals surface area contributed by atoms with Crippen LogP contribution >= 0.6 is 11.6 Å². The van der Waals surface area contributed by atoms with Crippen LogP contribution in [0.25, 0.3) is 0 Å². The number of carbonyl (C=O) groups is 2. The number of methoxy groups -OCH3 is 2. The van der Waals surface area contributed by atoms with Crippen LogP contribution in [0, 0.1) is 0 Å². The molecule has 0 saturated carbocycles. The predicted octanol–water partition coefficient (Wildman–Crippen LogP) is 2.50. The van der Waals surface area contributed by atoms with Crippen LogP contribution < -0.4 is 5.32 Å². The number of urea groups is 1. The molecule has 0 fully saturated rings. The summed E-state index contributed by atoms with van der Waals surface area (Å²) in [5.41, 5.74) is 1.53. The second-order valence-corrected chi connectivity index (χ2v) is 5.45. The fourth-order valence-electron chi connectivity index (χ4n) is 2.55. The van der Waals surface area contributed by atoms with Crippen molar-refractivity contribution in [3.05, 3.63) is 46.1 Å². The molecule has 124 valence electrons. The first-order valence-electron chi connectivity index (χ1n) is 7.11. The van der Waals surface area contributed by atoms with E-state index in [0.29, 0.717) is 35.0 Å². The van der Waals surface area contributed by atoms with E-state index >= 15 is 0 Å². The van der Waals surface area contributed by atoms with Gasteiger partial charge in [0.05, 0.1) is 31.9 Å². The Hall–Kier alpha value is -2.05. The first-order chi connectivity index (χ1) is 11.0. The highest BCUT2D eigenvalue weighted by atomic mass is 35.5. The van der Waals surface area contributed by atoms with Gasteiger partial charge in [-0.2, -0.15) is 0 Å². The van der Waals surface area contributed by atoms with Crippen LogP contribution in [0.4, 0.5) is 4.79 Å². The molecule has 1 aromatic rings. The maximum atomic E-state index is 12.4. The summed E-state index contributed by atoms with van der Waals surface area (Å²) in [7, 11) is 2.86. The predicted molar refractivity (Wildman–Crippen MR) is 86.0 cm³/mol. The van der Waals surface area contributed by atoms with Crippen LogP contribution in [0.5, 0.6) is 0 Å². The molecule has 0 radical (unpaired) electrons. The minimum atomic E-state index is -0.651. The normalized spacial score (nSPS) is 18.0. The van der Waals surface area contributed by atoms with E-state index in [2.05, 4.69) is 5.32 Å². The molecule has 0 bridgehead atoms. The van der Waals surface area contributed by atoms with Crippen LogP contribution in [-0.2, 0) is 14.3 Å². The number of halogens is 1. The highest BCUT2D eigenvalue weighted by Gasteiger charge is 2.36. The Kier molecular flexibility index (Phi) is 5.63. The van der Waals surface area contributed by atoms with Crippen molar-refractivity contribution in [2.24, 2.45) is 0 Å². The lowest BCUT2D eigenvalue weighted by Crippen LogP contribution is -2.49. The molecule has 1 N–H and O–H groups in total. The summed E-state index contributed by atoms with van der Waals surface area (Å²) in [6.45, 7) is 2.41. The molecule has 0 aliphatic carbocycles. The van der Waals surface area contributed by atoms with Crippen molar-refractivity contribution in [1.82, 2.24) is 10.2 Å². The van der Waals surface area contributed by atoms with Gasteiger partial charge in [-0.25, -0.2) is 9.59 Å². The quantitative estimate of drug-likeness (QED) is 0.838. The second kappa shape index (κ2) is 7.48. The third-order valence-electron chi connectivity index (χ3n) is 3.74. The molecule has 1 aromatic carbocycles. The van der Waals surface area contributed by atoms with Gasteiger partial charge in [-0.3, -0.25) is 4.90 Å². The van der Waals surface area contributed by atoms with Crippen LogP contribution in [0.15, 0.2) is 35.5 Å². The molecule has 7 heteroatoms. The number of nitrogens with one attached hydrogen (secondary N) is 1. The fraction of sp³-hybridized carbons (Fsp3) is 0.375. The second-order valence-electron chi connectivity index (χ2n) is 5.04. The van der Waals surface area contributed by atoms with Gasteiger partial charge in [0, 0.05) is 17.8 Å². The van der Waals surface area contributed by atoms with Crippen LogP contribution in [0.2, 0.25) is 5.02 Å². The number of hydrogen-bond acceptors (Lipinski definition) is 4. The number of esters is 1. The van der Waals surface area contributed by atoms with E-state index in [-0.39, 0.29) is 6.03 Å². The number of nitrogens with zero attached hydrogens (tertiary/aromatic N) is 1. The van der Waals surface area contributed by atoms with Crippen LogP contribution in [0.3, 0.4) is 0 Å². The van der Waals surface area contributed by atoms with E-state index in [4.69, 9.17) is 21.1 Å². The lowest BCUT2D eigenvalue weighted by molar-refractivity contribution is -0.136. The third kappa shape index (κ3) is 3.48. The number of carbonyl (C=O) groups excluding carboxylic acids is 2. The number of ether oxygens (including phenoxy) is 2. The molecule has 6 nitrogen and oxygen atoms in total. The zero-order valence-corrected chi connectivity index (χ0v) is 14.0. The molecule has 23 heavy (non-hydrogen) atoms. The Morgan fingerprint density at radius 2 is 2.04 bits per heavy atom. The van der Waals surface area contributed by atoms with Gasteiger partial charge in [0.1, 0.15) is 0 Å². The average molecular weight is 339 g/mol. The molecule has 0 spiro atoms. The van der Waals surface area contributed by atoms with E-state index in [9.17, 15) is 9.59 Å². The topological polar surface area (TPSA) is 67.9 Å². The summed E-state index contributed by atoms with van der Waals surface area (Å²) < 4.78 is 9.90. The van der Waals surface area contributed by atoms with Gasteiger partial charge >= 0.3 is 12.0 Å². The largest absolute Gasteiger partial charge is 0.466 e. The van der Waals surface area contributed by atoms with Crippen molar-refractivity contribution in [3.8, 4) is 0 Å². The molecule has 1 aliphatic rings. The van der Waals surface area contributed by atoms with Crippen molar-refractivity contribution in [2.75, 3.05) is 27.4 Å². The first kappa shape index (κ1) is 17.3. The molecular formula is C16H19ClN2O4. The van der Waals surface area contributed by atoms with Gasteiger partial charge in [-0.15, -0.1) is 0 Å². The van der Waals surface area contributed by atoms with Crippen LogP contribution in [-0.4, -0.2) is 44.3 Å². The van der Waals surface area contributed by atoms with Gasteiger partial charge in [0.15, 0.2) is 0 Å². The number of amides is 2. The summed E-state index contributed by atoms with van der Waals surface area (Å²) in [4.78, 5) is 26.1. The summed E-state index contributed by atoms with van der Waals surface area (Å²) in [6.07, 6.45) is 0. The maximum Gasteiger partial charge on any atom is 0.337 e. The van der Waals surface area contributed by atoms with E-state index < -0.39 is 12.0 Å². The van der Waals surface area contributed by atoms with Gasteiger partial charge in [-0.1, -0.05) is 29.8 Å². The number of allylic oxidation sites excluding steroid dienone is 1. The lowest BCUT2D eigenvalue weighted by Gasteiger charge is -2.35. The molecule has 2 rings (SSSR count). The fourth-order valence-corrected chi connectivity index (χ4v) is 2.79. The summed E-state index contributed by atoms with van der Waals surface area (Å²) in [5.74, 6) is -0.505. The smallest absolute Gasteiger partial charge is 0.337 e. The third-order valence-corrected chi connectivity index (χ3v) is 4.08. The standard InChI is InChI=1S/C16H19ClN2O4/c1-10-13(15(20)23-3)14(11-6-4-5-7-12(11)17)18-16(21)19(10)8-9-22-2/h4-7,14H,8-9H2,1-3H3,(H,18,21). The average Bonchev–Trinajstić information content (AvgIpc) is 2.54. The highest BCUT2D eigenvalue weighted by molar-refractivity contribution is 6.31. The van der Waals surface area contributed by atoms with Gasteiger partial charge in [0.25, 0.3) is 0 Å². The zero-order chi connectivity index (χ0) is 17.0. The minimum Gasteiger partial charge on any atom is -0.466 e. The van der Waals surface area contributed by atoms with E-state index in [1.54, 1.807) is 38.3 Å². The Bertz CT molecular complexity index is 645. The number of hydrogen-bond donors (Lipinski definition) is 1. The Morgan fingerprint density at radius 3 is 2.65 bits per heavy atom. The SMILES string of the molecule is COCCN1C(=O)NC(c2ccccc2Cl)C(C(=O)OC)=C1C. The number of benzene rings is 1. The summed E-state index contributed by atoms with van der Waals surface area (Å²) in [5, 5.41) is 3.29. The van der Waals surface area contributed by atoms with E-state index in [1.165, 1.54) is 12.0 Å². The molecule has 1 unspecified atom stereocenters. The Labute approximate surface area is 140 Å². The Balaban J connectivity index is 2.51. The number of rotatable bonds is 5. The van der Waals surface area contributed by atoms with Gasteiger partial charge < -0.3 is 14.8 Å². The molecule has 2 amide bonds. The molecule has 0 aromatic heterocycles. The summed E-state index contributed by atoms with van der Waals surface area (Å²) >= 11 is 6.23. The Morgan fingerprint density at radius 1 is 1.35 bits per heavy atom. The molecule has 1 atom stereocenters. The monoisotopic (exact) mass is 338 g/mol. The molecule has 0 saturated heterocycles. The molecule has 1 heterocycles. The van der Waals surface area contributed by atoms with Crippen molar-refractivity contribution in [1.29, 1.82) is 0 Å². The van der Waals surface area contributed by atoms with E-state index in [0.717, 1.165) is 0 Å². The lowest BCUT2D eigenvalue weighted by atomic mass is 9.95. The summed E-state index contributed by atoms with van der Waals surface area (Å²) in [6, 6.07) is 6.11. The first-order valence-corrected chi connectivity index (χ1v) is 7.49. The van der Waals surface area contributed by atoms with Crippen molar-refractivity contribution >= 4 is 23.6 Å². The minimum absolute atomic E-state index is 0.308. The molecule has 1 aliphatic heterocycles. The maximum absolute atomic E-state index is 12.4. The van der Waals surface area contributed by atoms with E-state index in [1.807, 2.05) is 0 Å². The van der Waals surface area contributed by atoms with Crippen molar-refractivity contribution in [2.45, 2.75) is 13.0 Å². The van der Waals surface area contributed by atoms with Crippen molar-refractivity contribution < 1.29 is 19.1 Å².